The zero-order chi connectivity index (χ0) is 71.5. The molecule has 0 aliphatic heterocycles. The molecule has 0 saturated heterocycles. The topological polar surface area (TPSA) is 26.3 Å². The first-order valence-electron chi connectivity index (χ1n) is 44.4. The molecule has 2 bridgehead atoms. The van der Waals surface area contributed by atoms with E-state index in [1.165, 1.54) is 63.4 Å². The number of allylic oxidation sites excluding steroid dienone is 12. The van der Waals surface area contributed by atoms with Gasteiger partial charge in [-0.1, -0.05) is 159 Å². The Morgan fingerprint density at radius 3 is 1.52 bits per heavy atom. The van der Waals surface area contributed by atoms with Gasteiger partial charge in [0.05, 0.1) is 7.11 Å². The maximum absolute atomic E-state index is 12.8. The number of methoxy groups -OCH3 is 1. The lowest BCUT2D eigenvalue weighted by atomic mass is 9.39. The van der Waals surface area contributed by atoms with Crippen LogP contribution in [0.1, 0.15) is 267 Å². The van der Waals surface area contributed by atoms with Crippen LogP contribution in [0.5, 0.6) is 0 Å². The van der Waals surface area contributed by atoms with Crippen LogP contribution >= 0.6 is 0 Å². The summed E-state index contributed by atoms with van der Waals surface area (Å²) in [7, 11) is 1.55. The highest BCUT2D eigenvalue weighted by Gasteiger charge is 2.91. The molecule has 3 fully saturated rings. The molecule has 2 nitrogen and oxygen atoms in total. The molecule has 0 amide bonds. The first kappa shape index (κ1) is 55.1. The number of aryl methyl sites for hydroxylation is 2. The molecule has 25 aliphatic rings. The summed E-state index contributed by atoms with van der Waals surface area (Å²) in [6.07, 6.45) is 36.8. The molecule has 528 valence electrons. The molecule has 0 radical (unpaired) electrons. The van der Waals surface area contributed by atoms with E-state index in [0.29, 0.717) is 53.8 Å². The number of hydrogen-bond donors (Lipinski definition) is 0. The molecule has 14 atom stereocenters. The average molecular weight is 1440 g/mol. The Morgan fingerprint density at radius 2 is 0.929 bits per heavy atom. The van der Waals surface area contributed by atoms with Crippen molar-refractivity contribution in [3.8, 4) is 0 Å². The molecular weight excluding hydrogens is 1370 g/mol. The van der Waals surface area contributed by atoms with E-state index in [2.05, 4.69) is 147 Å². The Hall–Kier alpha value is -10.4. The number of benzene rings is 12. The van der Waals surface area contributed by atoms with Gasteiger partial charge in [0.1, 0.15) is 0 Å². The second kappa shape index (κ2) is 15.7. The van der Waals surface area contributed by atoms with Gasteiger partial charge in [-0.2, -0.15) is 0 Å². The minimum absolute atomic E-state index is 0.0877. The Bertz CT molecular complexity index is 8180. The third-order valence-electron chi connectivity index (χ3n) is 39.5. The Balaban J connectivity index is 0.0000000914. The van der Waals surface area contributed by atoms with Crippen LogP contribution in [-0.2, 0) is 44.0 Å². The number of carbonyl (C=O) groups excluding carboxylic acids is 1. The minimum atomic E-state index is -0.177. The number of ether oxygens (including phenoxy) is 1. The van der Waals surface area contributed by atoms with Crippen LogP contribution < -0.4 is 15.7 Å². The van der Waals surface area contributed by atoms with Gasteiger partial charge in [-0.15, -0.1) is 0 Å². The normalized spacial score (nSPS) is 34.1. The number of fused-ring (bicyclic) bond motifs is 6. The van der Waals surface area contributed by atoms with E-state index in [-0.39, 0.29) is 33.0 Å². The summed E-state index contributed by atoms with van der Waals surface area (Å²) in [6, 6.07) is 35.7. The van der Waals surface area contributed by atoms with Crippen molar-refractivity contribution in [3.63, 3.8) is 0 Å². The molecule has 25 aliphatic carbocycles. The number of carbonyl (C=O) groups is 1. The van der Waals surface area contributed by atoms with Crippen LogP contribution in [0.2, 0.25) is 0 Å². The van der Waals surface area contributed by atoms with Gasteiger partial charge in [-0.3, -0.25) is 4.79 Å². The Labute approximate surface area is 650 Å². The summed E-state index contributed by atoms with van der Waals surface area (Å²) in [6.45, 7) is 4.64. The average Bonchev–Trinajstić information content (AvgIpc) is 1.39. The third-order valence-corrected chi connectivity index (χ3v) is 39.5. The van der Waals surface area contributed by atoms with Crippen LogP contribution in [0.4, 0.5) is 0 Å². The van der Waals surface area contributed by atoms with Gasteiger partial charge in [-0.05, 0) is 410 Å². The third kappa shape index (κ3) is 4.45. The van der Waals surface area contributed by atoms with Gasteiger partial charge >= 0.3 is 5.97 Å². The van der Waals surface area contributed by atoms with E-state index in [1.807, 2.05) is 32.7 Å². The highest BCUT2D eigenvalue weighted by Crippen LogP contribution is 2.94. The van der Waals surface area contributed by atoms with Gasteiger partial charge in [-0.25, -0.2) is 0 Å². The fourth-order valence-electron chi connectivity index (χ4n) is 38.1. The second-order valence-electron chi connectivity index (χ2n) is 41.4. The van der Waals surface area contributed by atoms with Crippen molar-refractivity contribution in [2.24, 2.45) is 29.1 Å². The molecule has 0 N–H and O–H groups in total. The van der Waals surface area contributed by atoms with Crippen molar-refractivity contribution in [3.05, 3.63) is 271 Å². The van der Waals surface area contributed by atoms with Crippen molar-refractivity contribution >= 4 is 164 Å². The largest absolute Gasteiger partial charge is 0.469 e. The summed E-state index contributed by atoms with van der Waals surface area (Å²) < 4.78 is 5.27. The van der Waals surface area contributed by atoms with Crippen molar-refractivity contribution in [1.29, 1.82) is 0 Å². The highest BCUT2D eigenvalue weighted by atomic mass is 16.5. The van der Waals surface area contributed by atoms with E-state index < -0.39 is 0 Å². The maximum atomic E-state index is 12.8. The number of rotatable bonds is 5. The summed E-state index contributed by atoms with van der Waals surface area (Å²) >= 11 is 0. The molecule has 113 heavy (non-hydrogen) atoms. The lowest BCUT2D eigenvalue weighted by molar-refractivity contribution is -0.140. The number of hydrogen-bond acceptors (Lipinski definition) is 2. The summed E-state index contributed by atoms with van der Waals surface area (Å²) in [4.78, 5) is 12.8. The van der Waals surface area contributed by atoms with E-state index >= 15 is 0 Å². The molecule has 40 rings (SSSR count). The lowest BCUT2D eigenvalue weighted by Gasteiger charge is -2.63. The fraction of sp³-hybridized carbons (Fsp3) is 0.306. The molecular formula is C111H72O2. The van der Waals surface area contributed by atoms with Crippen LogP contribution in [-0.4, -0.2) is 13.1 Å². The summed E-state index contributed by atoms with van der Waals surface area (Å²) in [5.41, 5.74) is 52.5. The van der Waals surface area contributed by atoms with Crippen LogP contribution in [0.15, 0.2) is 127 Å². The molecule has 2 heteroatoms. The van der Waals surface area contributed by atoms with Crippen LogP contribution in [0.3, 0.4) is 0 Å². The first-order valence-corrected chi connectivity index (χ1v) is 44.4. The first-order chi connectivity index (χ1) is 55.8. The molecule has 15 aromatic carbocycles. The van der Waals surface area contributed by atoms with Gasteiger partial charge in [0, 0.05) is 63.1 Å². The van der Waals surface area contributed by atoms with Crippen LogP contribution in [0, 0.1) is 29.1 Å². The SMILES string of the molecule is C1=c2c3c4c5c6c7c8c9c%10c%11c(c%12ccc%13c%14c%15c(c2c4c7c%15c8c%11c%12%14)C%13C1)CCC=%10C1CCC(C=5CC3)C62[C@@H]3C[C@@H](c4ccccc43)C912.COC(=O)CCCC1(c2ccccc2)C23C=C4CC5=CC6C=C7CC8=CC9C=C%10CC(=C2)c2c%10c%10c%11c%12c(c8c7c7c%12c8c(c5c4c4c8c%11c2C431)C76)C%109.C[C@@H]1C[C@H](C)c2ccccc21. The smallest absolute Gasteiger partial charge is 0.305 e. The zero-order valence-corrected chi connectivity index (χ0v) is 63.5. The van der Waals surface area contributed by atoms with E-state index in [4.69, 9.17) is 4.74 Å². The van der Waals surface area contributed by atoms with Crippen molar-refractivity contribution in [1.82, 2.24) is 0 Å². The van der Waals surface area contributed by atoms with Gasteiger partial charge < -0.3 is 4.74 Å². The Kier molecular flexibility index (Phi) is 7.68. The summed E-state index contributed by atoms with van der Waals surface area (Å²) in [5.74, 6) is 6.57. The van der Waals surface area contributed by atoms with E-state index in [0.717, 1.165) is 49.9 Å². The van der Waals surface area contributed by atoms with E-state index in [1.54, 1.807) is 265 Å². The molecule has 0 heterocycles. The molecule has 0 aromatic heterocycles. The lowest BCUT2D eigenvalue weighted by Crippen LogP contribution is -2.62. The van der Waals surface area contributed by atoms with E-state index in [9.17, 15) is 4.79 Å². The Morgan fingerprint density at radius 1 is 0.434 bits per heavy atom. The fourth-order valence-corrected chi connectivity index (χ4v) is 38.1. The van der Waals surface area contributed by atoms with Gasteiger partial charge in [0.2, 0.25) is 0 Å². The number of esters is 1. The molecule has 10 unspecified atom stereocenters. The zero-order valence-electron chi connectivity index (χ0n) is 63.5. The predicted octanol–water partition coefficient (Wildman–Crippen LogP) is 22.9. The highest BCUT2D eigenvalue weighted by molar-refractivity contribution is 6.54. The van der Waals surface area contributed by atoms with Gasteiger partial charge in [0.25, 0.3) is 0 Å². The quantitative estimate of drug-likeness (QED) is 0.127. The molecule has 3 spiro atoms. The standard InChI is InChI=1S/C51H30O2.C49H28.C11H14/c1-53-28(52)8-5-9-50(27-6-3-2-4-7-27)49-17-25-15-23-13-21-11-19-10-20-12-22-14-24-16-26(18-49)36-32(24)40-34(22)38-30(20)29(19)37-33(21)39-31(23)35(25)47-45-43(39)41(37)42(38)44(40)46(45)48(36)51(47,49)50;1-2-4-17-16(3-1)28-15-29(17)49-27-14-13-26-24-11-9-22-20-7-5-18-19-6-8-21-23-10-12-25(27)37-35(23)40-33(21)31(19)38-30(18)32(20)39-34(22)36(24)46(48(26,28)49)44-42(39)41(38)43(40)45(44)47(37)49;1-8-7-9(2)11-6-4-3-5-10(8)11/h2-4,6-7,11-14,17-18,21-22,33-34H,5,8-10,15-16H2,1H3;1-5,7-8,19,26-29H,6,9-15H2;3-6,8-9H,7H2,1-2H3/t;19?,26?,27?,28-,29+,48?,49?;8-,9+/m.0./s1. The van der Waals surface area contributed by atoms with Crippen molar-refractivity contribution < 1.29 is 9.53 Å². The maximum Gasteiger partial charge on any atom is 0.305 e. The molecule has 3 saturated carbocycles. The minimum Gasteiger partial charge on any atom is -0.469 e. The second-order valence-corrected chi connectivity index (χ2v) is 41.4. The van der Waals surface area contributed by atoms with Crippen LogP contribution in [0.25, 0.3) is 158 Å². The monoisotopic (exact) mass is 1440 g/mol. The van der Waals surface area contributed by atoms with Crippen molar-refractivity contribution in [2.45, 2.75) is 173 Å². The summed E-state index contributed by atoms with van der Waals surface area (Å²) in [5, 5.41) is 39.7. The predicted molar refractivity (Wildman–Crippen MR) is 455 cm³/mol. The molecule has 15 aromatic rings. The van der Waals surface area contributed by atoms with Gasteiger partial charge in [0.15, 0.2) is 0 Å². The van der Waals surface area contributed by atoms with Crippen molar-refractivity contribution in [2.75, 3.05) is 7.11 Å².